The van der Waals surface area contributed by atoms with Gasteiger partial charge in [0.15, 0.2) is 5.13 Å². The summed E-state index contributed by atoms with van der Waals surface area (Å²) in [5, 5.41) is 1.05. The van der Waals surface area contributed by atoms with Crippen LogP contribution in [0.3, 0.4) is 0 Å². The average Bonchev–Trinajstić information content (AvgIpc) is 3.24. The number of hydrogen-bond acceptors (Lipinski definition) is 6. The Morgan fingerprint density at radius 1 is 0.933 bits per heavy atom. The van der Waals surface area contributed by atoms with Gasteiger partial charge < -0.3 is 19.4 Å². The van der Waals surface area contributed by atoms with Crippen LogP contribution in [0.1, 0.15) is 15.9 Å². The van der Waals surface area contributed by atoms with Crippen LogP contribution < -0.4 is 9.80 Å². The number of fused-ring (bicyclic) bond motifs is 1. The molecule has 0 atom stereocenters. The summed E-state index contributed by atoms with van der Waals surface area (Å²) in [7, 11) is 0. The number of aromatic nitrogens is 1. The van der Waals surface area contributed by atoms with Gasteiger partial charge in [-0.3, -0.25) is 4.79 Å². The Morgan fingerprint density at radius 3 is 2.47 bits per heavy atom. The normalized spacial score (nSPS) is 17.6. The largest absolute Gasteiger partial charge is 0.378 e. The van der Waals surface area contributed by atoms with E-state index in [1.165, 1.54) is 4.70 Å². The maximum Gasteiger partial charge on any atom is 0.254 e. The van der Waals surface area contributed by atoms with Gasteiger partial charge in [0.1, 0.15) is 0 Å². The Morgan fingerprint density at radius 2 is 1.70 bits per heavy atom. The molecule has 0 bridgehead atoms. The highest BCUT2D eigenvalue weighted by atomic mass is 32.1. The molecule has 1 aromatic heterocycles. The smallest absolute Gasteiger partial charge is 0.254 e. The van der Waals surface area contributed by atoms with Crippen molar-refractivity contribution in [3.8, 4) is 0 Å². The number of piperazine rings is 1. The number of hydrogen-bond donors (Lipinski definition) is 0. The number of carbonyl (C=O) groups is 1. The third-order valence-corrected chi connectivity index (χ3v) is 7.10. The third-order valence-electron chi connectivity index (χ3n) is 6.01. The summed E-state index contributed by atoms with van der Waals surface area (Å²) in [5.41, 5.74) is 4.08. The van der Waals surface area contributed by atoms with Gasteiger partial charge in [-0.2, -0.15) is 0 Å². The van der Waals surface area contributed by atoms with Crippen LogP contribution >= 0.6 is 11.3 Å². The van der Waals surface area contributed by atoms with E-state index in [1.54, 1.807) is 11.3 Å². The Hall–Kier alpha value is -2.64. The van der Waals surface area contributed by atoms with E-state index in [-0.39, 0.29) is 5.91 Å². The van der Waals surface area contributed by atoms with Crippen LogP contribution in [0.4, 0.5) is 10.8 Å². The van der Waals surface area contributed by atoms with Gasteiger partial charge in [0.25, 0.3) is 5.91 Å². The number of benzene rings is 2. The molecular weight excluding hydrogens is 396 g/mol. The molecule has 30 heavy (non-hydrogen) atoms. The zero-order valence-electron chi connectivity index (χ0n) is 17.2. The molecule has 0 N–H and O–H groups in total. The van der Waals surface area contributed by atoms with Crippen molar-refractivity contribution in [3.05, 3.63) is 53.6 Å². The van der Waals surface area contributed by atoms with Crippen molar-refractivity contribution in [1.29, 1.82) is 0 Å². The van der Waals surface area contributed by atoms with Crippen LogP contribution in [-0.2, 0) is 4.74 Å². The second-order valence-corrected chi connectivity index (χ2v) is 8.80. The number of nitrogens with zero attached hydrogens (tertiary/aromatic N) is 4. The summed E-state index contributed by atoms with van der Waals surface area (Å²) >= 11 is 1.73. The van der Waals surface area contributed by atoms with Crippen molar-refractivity contribution in [1.82, 2.24) is 9.88 Å². The van der Waals surface area contributed by atoms with Gasteiger partial charge in [0, 0.05) is 50.5 Å². The summed E-state index contributed by atoms with van der Waals surface area (Å²) in [4.78, 5) is 24.7. The van der Waals surface area contributed by atoms with Crippen molar-refractivity contribution >= 4 is 38.3 Å². The first-order valence-corrected chi connectivity index (χ1v) is 11.3. The number of rotatable bonds is 3. The molecule has 156 valence electrons. The molecule has 2 aromatic carbocycles. The summed E-state index contributed by atoms with van der Waals surface area (Å²) in [6.07, 6.45) is 0. The van der Waals surface area contributed by atoms with E-state index in [0.29, 0.717) is 0 Å². The molecule has 0 spiro atoms. The van der Waals surface area contributed by atoms with Gasteiger partial charge >= 0.3 is 0 Å². The number of para-hydroxylation sites is 1. The van der Waals surface area contributed by atoms with Crippen molar-refractivity contribution in [2.24, 2.45) is 0 Å². The molecule has 0 saturated carbocycles. The minimum Gasteiger partial charge on any atom is -0.378 e. The molecule has 0 radical (unpaired) electrons. The molecule has 3 aromatic rings. The molecular formula is C23H26N4O2S. The van der Waals surface area contributed by atoms with E-state index >= 15 is 0 Å². The predicted molar refractivity (Wildman–Crippen MR) is 122 cm³/mol. The topological polar surface area (TPSA) is 48.9 Å². The summed E-state index contributed by atoms with van der Waals surface area (Å²) in [6, 6.07) is 14.3. The Bertz CT molecular complexity index is 1020. The molecule has 6 nitrogen and oxygen atoms in total. The number of ether oxygens (including phenoxy) is 1. The first-order chi connectivity index (χ1) is 14.7. The molecule has 2 saturated heterocycles. The minimum atomic E-state index is 0.131. The summed E-state index contributed by atoms with van der Waals surface area (Å²) in [6.45, 7) is 8.36. The highest BCUT2D eigenvalue weighted by Crippen LogP contribution is 2.30. The van der Waals surface area contributed by atoms with Crippen LogP contribution in [0.15, 0.2) is 42.5 Å². The Balaban J connectivity index is 1.28. The molecule has 2 aliphatic rings. The molecule has 5 rings (SSSR count). The molecule has 2 aliphatic heterocycles. The molecule has 0 unspecified atom stereocenters. The van der Waals surface area contributed by atoms with E-state index in [0.717, 1.165) is 79.9 Å². The Labute approximate surface area is 180 Å². The second kappa shape index (κ2) is 8.24. The predicted octanol–water partition coefficient (Wildman–Crippen LogP) is 3.40. The first-order valence-electron chi connectivity index (χ1n) is 10.5. The van der Waals surface area contributed by atoms with E-state index in [1.807, 2.05) is 29.2 Å². The highest BCUT2D eigenvalue weighted by Gasteiger charge is 2.26. The number of anilines is 2. The van der Waals surface area contributed by atoms with Crippen molar-refractivity contribution in [2.45, 2.75) is 6.92 Å². The minimum absolute atomic E-state index is 0.131. The van der Waals surface area contributed by atoms with Gasteiger partial charge in [-0.05, 0) is 36.8 Å². The van der Waals surface area contributed by atoms with Crippen LogP contribution in [-0.4, -0.2) is 68.3 Å². The van der Waals surface area contributed by atoms with Gasteiger partial charge in [0.05, 0.1) is 23.4 Å². The quantitative estimate of drug-likeness (QED) is 0.648. The maximum atomic E-state index is 13.3. The number of thiazole rings is 1. The lowest BCUT2D eigenvalue weighted by molar-refractivity contribution is 0.0746. The lowest BCUT2D eigenvalue weighted by Gasteiger charge is -2.35. The van der Waals surface area contributed by atoms with Crippen molar-refractivity contribution in [3.63, 3.8) is 0 Å². The number of carbonyl (C=O) groups excluding carboxylic acids is 1. The number of morpholine rings is 1. The van der Waals surface area contributed by atoms with Crippen LogP contribution in [0.25, 0.3) is 10.2 Å². The van der Waals surface area contributed by atoms with Crippen LogP contribution in [0.5, 0.6) is 0 Å². The SMILES string of the molecule is Cc1c(C(=O)N2CCN(c3nc4ccccc4s3)CC2)cccc1N1CCOCC1. The molecule has 2 fully saturated rings. The lowest BCUT2D eigenvalue weighted by atomic mass is 10.0. The Kier molecular flexibility index (Phi) is 5.31. The standard InChI is InChI=1S/C23H26N4O2S/c1-17-18(5-4-7-20(17)25-13-15-29-16-14-25)22(28)26-9-11-27(12-10-26)23-24-19-6-2-3-8-21(19)30-23/h2-8H,9-16H2,1H3. The van der Waals surface area contributed by atoms with Crippen molar-refractivity contribution < 1.29 is 9.53 Å². The molecule has 3 heterocycles. The fraction of sp³-hybridized carbons (Fsp3) is 0.391. The summed E-state index contributed by atoms with van der Waals surface area (Å²) < 4.78 is 6.68. The van der Waals surface area contributed by atoms with E-state index in [2.05, 4.69) is 34.9 Å². The molecule has 0 aliphatic carbocycles. The monoisotopic (exact) mass is 422 g/mol. The van der Waals surface area contributed by atoms with Crippen LogP contribution in [0, 0.1) is 6.92 Å². The van der Waals surface area contributed by atoms with Crippen molar-refractivity contribution in [2.75, 3.05) is 62.3 Å². The van der Waals surface area contributed by atoms with Gasteiger partial charge in [-0.1, -0.05) is 29.5 Å². The first kappa shape index (κ1) is 19.3. The molecule has 7 heteroatoms. The fourth-order valence-corrected chi connectivity index (χ4v) is 5.29. The van der Waals surface area contributed by atoms with Gasteiger partial charge in [0.2, 0.25) is 0 Å². The van der Waals surface area contributed by atoms with Gasteiger partial charge in [-0.15, -0.1) is 0 Å². The second-order valence-electron chi connectivity index (χ2n) is 7.79. The zero-order valence-corrected chi connectivity index (χ0v) is 18.0. The molecule has 1 amide bonds. The van der Waals surface area contributed by atoms with Crippen LogP contribution in [0.2, 0.25) is 0 Å². The summed E-state index contributed by atoms with van der Waals surface area (Å²) in [5.74, 6) is 0.131. The van der Waals surface area contributed by atoms with E-state index < -0.39 is 0 Å². The van der Waals surface area contributed by atoms with E-state index in [9.17, 15) is 4.79 Å². The van der Waals surface area contributed by atoms with Gasteiger partial charge in [-0.25, -0.2) is 4.98 Å². The van der Waals surface area contributed by atoms with E-state index in [4.69, 9.17) is 9.72 Å². The number of amides is 1. The fourth-order valence-electron chi connectivity index (χ4n) is 4.27. The lowest BCUT2D eigenvalue weighted by Crippen LogP contribution is -2.49. The maximum absolute atomic E-state index is 13.3. The highest BCUT2D eigenvalue weighted by molar-refractivity contribution is 7.22. The third kappa shape index (κ3) is 3.63. The average molecular weight is 423 g/mol. The zero-order chi connectivity index (χ0) is 20.5.